The van der Waals surface area contributed by atoms with Crippen molar-refractivity contribution in [3.8, 4) is 0 Å². The van der Waals surface area contributed by atoms with Gasteiger partial charge in [-0.15, -0.1) is 0 Å². The van der Waals surface area contributed by atoms with Crippen LogP contribution < -0.4 is 5.73 Å². The second-order valence-corrected chi connectivity index (χ2v) is 6.11. The SMILES string of the molecule is NC1C(OC2O[C@H](CO)[C@@H](O)[C@H](O)[C@H]2O)CC(CO)C(O)C1O. The van der Waals surface area contributed by atoms with Crippen molar-refractivity contribution in [3.05, 3.63) is 0 Å². The van der Waals surface area contributed by atoms with Gasteiger partial charge in [-0.3, -0.25) is 0 Å². The minimum atomic E-state index is -1.59. The topological polar surface area (TPSA) is 186 Å². The lowest BCUT2D eigenvalue weighted by atomic mass is 9.80. The van der Waals surface area contributed by atoms with Gasteiger partial charge in [-0.1, -0.05) is 0 Å². The predicted octanol–water partition coefficient (Wildman–Crippen LogP) is -4.77. The van der Waals surface area contributed by atoms with Gasteiger partial charge in [0.05, 0.1) is 31.0 Å². The Morgan fingerprint density at radius 3 is 2.09 bits per heavy atom. The summed E-state index contributed by atoms with van der Waals surface area (Å²) in [7, 11) is 0. The molecule has 2 fully saturated rings. The summed E-state index contributed by atoms with van der Waals surface area (Å²) in [6.45, 7) is -0.985. The third-order valence-corrected chi connectivity index (χ3v) is 4.58. The molecule has 1 saturated heterocycles. The van der Waals surface area contributed by atoms with Gasteiger partial charge in [-0.05, 0) is 6.42 Å². The summed E-state index contributed by atoms with van der Waals surface area (Å²) in [6, 6.07) is -1.000. The molecule has 136 valence electrons. The molecule has 0 bridgehead atoms. The molecule has 10 heteroatoms. The minimum absolute atomic E-state index is 0.102. The van der Waals surface area contributed by atoms with Crippen molar-refractivity contribution in [1.29, 1.82) is 0 Å². The fourth-order valence-electron chi connectivity index (χ4n) is 3.00. The first-order valence-corrected chi connectivity index (χ1v) is 7.50. The summed E-state index contributed by atoms with van der Waals surface area (Å²) in [4.78, 5) is 0. The zero-order valence-corrected chi connectivity index (χ0v) is 12.4. The fourth-order valence-corrected chi connectivity index (χ4v) is 3.00. The van der Waals surface area contributed by atoms with Gasteiger partial charge in [0.25, 0.3) is 0 Å². The van der Waals surface area contributed by atoms with E-state index in [1.165, 1.54) is 0 Å². The third kappa shape index (κ3) is 3.66. The van der Waals surface area contributed by atoms with Crippen LogP contribution in [0.15, 0.2) is 0 Å². The number of aliphatic hydroxyl groups is 7. The van der Waals surface area contributed by atoms with Crippen LogP contribution >= 0.6 is 0 Å². The molecule has 0 aromatic rings. The van der Waals surface area contributed by atoms with Crippen LogP contribution in [0.3, 0.4) is 0 Å². The third-order valence-electron chi connectivity index (χ3n) is 4.58. The Morgan fingerprint density at radius 2 is 1.52 bits per heavy atom. The predicted molar refractivity (Wildman–Crippen MR) is 73.8 cm³/mol. The highest BCUT2D eigenvalue weighted by Gasteiger charge is 2.48. The van der Waals surface area contributed by atoms with Crippen LogP contribution in [0.4, 0.5) is 0 Å². The van der Waals surface area contributed by atoms with Crippen LogP contribution in [-0.2, 0) is 9.47 Å². The summed E-state index contributed by atoms with van der Waals surface area (Å²) in [6.07, 6.45) is -10.5. The Kier molecular flexibility index (Phi) is 6.30. The van der Waals surface area contributed by atoms with Gasteiger partial charge in [0.2, 0.25) is 0 Å². The molecule has 2 rings (SSSR count). The highest BCUT2D eigenvalue weighted by atomic mass is 16.7. The molecule has 1 heterocycles. The van der Waals surface area contributed by atoms with Crippen LogP contribution in [0.5, 0.6) is 0 Å². The summed E-state index contributed by atoms with van der Waals surface area (Å²) in [5.41, 5.74) is 5.81. The Bertz CT molecular complexity index is 348. The van der Waals surface area contributed by atoms with E-state index in [-0.39, 0.29) is 13.0 Å². The summed E-state index contributed by atoms with van der Waals surface area (Å²) < 4.78 is 10.7. The number of hydrogen-bond acceptors (Lipinski definition) is 10. The van der Waals surface area contributed by atoms with E-state index in [2.05, 4.69) is 0 Å². The van der Waals surface area contributed by atoms with Crippen LogP contribution in [0.25, 0.3) is 0 Å². The molecule has 9 N–H and O–H groups in total. The zero-order chi connectivity index (χ0) is 17.3. The van der Waals surface area contributed by atoms with Gasteiger partial charge in [0.15, 0.2) is 6.29 Å². The maximum atomic E-state index is 9.94. The Balaban J connectivity index is 2.07. The lowest BCUT2D eigenvalue weighted by molar-refractivity contribution is -0.318. The van der Waals surface area contributed by atoms with E-state index >= 15 is 0 Å². The molecular weight excluding hydrogens is 314 g/mol. The normalized spacial score (nSPS) is 51.7. The van der Waals surface area contributed by atoms with E-state index in [4.69, 9.17) is 20.3 Å². The van der Waals surface area contributed by atoms with Crippen molar-refractivity contribution in [2.24, 2.45) is 11.7 Å². The molecular formula is C13H25NO9. The largest absolute Gasteiger partial charge is 0.396 e. The van der Waals surface area contributed by atoms with Crippen LogP contribution in [-0.4, -0.2) is 104 Å². The van der Waals surface area contributed by atoms with Gasteiger partial charge >= 0.3 is 0 Å². The molecule has 0 aromatic carbocycles. The van der Waals surface area contributed by atoms with Crippen molar-refractivity contribution in [3.63, 3.8) is 0 Å². The Labute approximate surface area is 132 Å². The van der Waals surface area contributed by atoms with Gasteiger partial charge < -0.3 is 51.0 Å². The second kappa shape index (κ2) is 7.66. The molecule has 0 aromatic heterocycles. The van der Waals surface area contributed by atoms with E-state index in [1.807, 2.05) is 0 Å². The number of ether oxygens (including phenoxy) is 2. The molecule has 0 amide bonds. The first-order chi connectivity index (χ1) is 10.8. The number of hydrogen-bond donors (Lipinski definition) is 8. The molecule has 0 spiro atoms. The molecule has 6 unspecified atom stereocenters. The molecule has 10 nitrogen and oxygen atoms in total. The van der Waals surface area contributed by atoms with Crippen molar-refractivity contribution >= 4 is 0 Å². The fraction of sp³-hybridized carbons (Fsp3) is 1.00. The van der Waals surface area contributed by atoms with E-state index < -0.39 is 67.6 Å². The highest BCUT2D eigenvalue weighted by molar-refractivity contribution is 4.97. The summed E-state index contributed by atoms with van der Waals surface area (Å²) in [5, 5.41) is 67.5. The molecule has 0 radical (unpaired) electrons. The van der Waals surface area contributed by atoms with E-state index in [0.717, 1.165) is 0 Å². The minimum Gasteiger partial charge on any atom is -0.396 e. The van der Waals surface area contributed by atoms with E-state index in [9.17, 15) is 30.6 Å². The van der Waals surface area contributed by atoms with Crippen molar-refractivity contribution in [2.75, 3.05) is 13.2 Å². The van der Waals surface area contributed by atoms with Crippen molar-refractivity contribution in [2.45, 2.75) is 61.5 Å². The average Bonchev–Trinajstić information content (AvgIpc) is 2.55. The van der Waals surface area contributed by atoms with Crippen molar-refractivity contribution < 1.29 is 45.2 Å². The smallest absolute Gasteiger partial charge is 0.187 e. The van der Waals surface area contributed by atoms with Crippen LogP contribution in [0.1, 0.15) is 6.42 Å². The highest BCUT2D eigenvalue weighted by Crippen LogP contribution is 2.30. The van der Waals surface area contributed by atoms with Crippen LogP contribution in [0, 0.1) is 5.92 Å². The zero-order valence-electron chi connectivity index (χ0n) is 12.4. The summed E-state index contributed by atoms with van der Waals surface area (Å²) in [5.74, 6) is -0.667. The van der Waals surface area contributed by atoms with Crippen LogP contribution in [0.2, 0.25) is 0 Å². The van der Waals surface area contributed by atoms with Gasteiger partial charge in [0.1, 0.15) is 24.4 Å². The standard InChI is InChI=1S/C13H25NO9/c14-7-5(1-4(2-15)8(17)10(7)19)22-13-12(21)11(20)9(18)6(3-16)23-13/h4-13,15-21H,1-3,14H2/t4?,5?,6-,7?,8?,9-,10?,11+,12-,13?/m1/s1. The average molecular weight is 339 g/mol. The molecule has 2 aliphatic rings. The Morgan fingerprint density at radius 1 is 0.870 bits per heavy atom. The monoisotopic (exact) mass is 339 g/mol. The summed E-state index contributed by atoms with van der Waals surface area (Å²) >= 11 is 0. The Hall–Kier alpha value is -0.400. The molecule has 10 atom stereocenters. The second-order valence-electron chi connectivity index (χ2n) is 6.11. The maximum absolute atomic E-state index is 9.94. The van der Waals surface area contributed by atoms with Crippen molar-refractivity contribution in [1.82, 2.24) is 0 Å². The molecule has 1 aliphatic carbocycles. The number of nitrogens with two attached hydrogens (primary N) is 1. The van der Waals surface area contributed by atoms with Gasteiger partial charge in [-0.25, -0.2) is 0 Å². The molecule has 23 heavy (non-hydrogen) atoms. The van der Waals surface area contributed by atoms with E-state index in [1.54, 1.807) is 0 Å². The molecule has 1 saturated carbocycles. The first kappa shape index (κ1) is 18.9. The lowest BCUT2D eigenvalue weighted by Crippen LogP contribution is -2.63. The number of aliphatic hydroxyl groups excluding tert-OH is 7. The maximum Gasteiger partial charge on any atom is 0.187 e. The van der Waals surface area contributed by atoms with Gasteiger partial charge in [0, 0.05) is 12.5 Å². The first-order valence-electron chi connectivity index (χ1n) is 7.50. The number of rotatable bonds is 4. The van der Waals surface area contributed by atoms with E-state index in [0.29, 0.717) is 0 Å². The lowest BCUT2D eigenvalue weighted by Gasteiger charge is -2.45. The quantitative estimate of drug-likeness (QED) is 0.247. The molecule has 1 aliphatic heterocycles. The van der Waals surface area contributed by atoms with Gasteiger partial charge in [-0.2, -0.15) is 0 Å².